The monoisotopic (exact) mass is 659 g/mol. The van der Waals surface area contributed by atoms with Gasteiger partial charge in [0.1, 0.15) is 13.1 Å². The molecule has 0 aliphatic carbocycles. The predicted molar refractivity (Wildman–Crippen MR) is 180 cm³/mol. The minimum Gasteiger partial charge on any atom is -0.399 e. The molecular weight excluding hydrogens is 594 g/mol. The van der Waals surface area contributed by atoms with Gasteiger partial charge in [-0.1, -0.05) is 13.8 Å². The zero-order valence-electron chi connectivity index (χ0n) is 30.3. The maximum Gasteiger partial charge on any atom is 0.240 e. The summed E-state index contributed by atoms with van der Waals surface area (Å²) in [6, 6.07) is 0. The van der Waals surface area contributed by atoms with Crippen molar-refractivity contribution in [2.24, 2.45) is 17.5 Å². The fraction of sp³-hybridized carbons (Fsp3) is 0.844. The van der Waals surface area contributed by atoms with Gasteiger partial charge < -0.3 is 45.2 Å². The van der Waals surface area contributed by atoms with Crippen molar-refractivity contribution in [1.82, 2.24) is 25.9 Å². The van der Waals surface area contributed by atoms with Crippen molar-refractivity contribution in [3.63, 3.8) is 0 Å². The molecule has 0 aromatic rings. The van der Waals surface area contributed by atoms with E-state index in [4.69, 9.17) is 30.5 Å². The number of hydrogen-bond acceptors (Lipinski definition) is 11. The zero-order valence-corrected chi connectivity index (χ0v) is 30.3. The normalized spacial score (nSPS) is 12.7. The molecule has 0 aromatic carbocycles. The minimum absolute atomic E-state index is 0.0390. The van der Waals surface area contributed by atoms with Gasteiger partial charge in [-0.25, -0.2) is 5.84 Å². The first-order valence-corrected chi connectivity index (χ1v) is 16.2. The molecule has 7 N–H and O–H groups in total. The smallest absolute Gasteiger partial charge is 0.240 e. The molecule has 0 aliphatic rings. The van der Waals surface area contributed by atoms with Crippen LogP contribution in [-0.2, 0) is 33.3 Å². The van der Waals surface area contributed by atoms with Crippen LogP contribution in [0.1, 0.15) is 81.6 Å². The highest BCUT2D eigenvalue weighted by atomic mass is 16.5. The van der Waals surface area contributed by atoms with E-state index in [2.05, 4.69) is 29.8 Å². The number of amides is 3. The highest BCUT2D eigenvalue weighted by Crippen LogP contribution is 2.20. The number of carbonyl (C=O) groups excluding carboxylic acids is 3. The largest absolute Gasteiger partial charge is 0.399 e. The highest BCUT2D eigenvalue weighted by Gasteiger charge is 2.26. The zero-order chi connectivity index (χ0) is 35.4. The second-order valence-electron chi connectivity index (χ2n) is 13.8. The van der Waals surface area contributed by atoms with Crippen LogP contribution in [0.25, 0.3) is 0 Å². The standard InChI is InChI=1S/C32H65N7O7/c1-11-43-17-13-30(4,5)37-28(41)21-38(29(42)12-16-45-31(6,7)18-25(2)3)20-27(40)36-14-15-39(34)19-26(33)22-44-23-32(8,9)46-24-35-10/h19,25,35H,11-18,20-24,33-34H2,1-10H3,(H,36,40)(H,37,41)/b26-19-. The van der Waals surface area contributed by atoms with Gasteiger partial charge in [0.15, 0.2) is 0 Å². The first-order valence-electron chi connectivity index (χ1n) is 16.2. The average molecular weight is 660 g/mol. The van der Waals surface area contributed by atoms with Gasteiger partial charge in [-0.15, -0.1) is 0 Å². The lowest BCUT2D eigenvalue weighted by Crippen LogP contribution is -2.51. The van der Waals surface area contributed by atoms with Crippen LogP contribution in [0.4, 0.5) is 0 Å². The van der Waals surface area contributed by atoms with Gasteiger partial charge in [0, 0.05) is 31.5 Å². The first-order chi connectivity index (χ1) is 21.3. The van der Waals surface area contributed by atoms with Gasteiger partial charge in [-0.2, -0.15) is 0 Å². The van der Waals surface area contributed by atoms with Crippen molar-refractivity contribution in [2.45, 2.75) is 98.3 Å². The van der Waals surface area contributed by atoms with E-state index in [1.165, 1.54) is 16.1 Å². The van der Waals surface area contributed by atoms with Gasteiger partial charge in [0.05, 0.1) is 56.4 Å². The Balaban J connectivity index is 5.08. The van der Waals surface area contributed by atoms with Crippen molar-refractivity contribution >= 4 is 17.7 Å². The van der Waals surface area contributed by atoms with E-state index in [0.717, 1.165) is 6.42 Å². The molecule has 14 heteroatoms. The summed E-state index contributed by atoms with van der Waals surface area (Å²) in [5.74, 6) is 5.32. The maximum atomic E-state index is 13.2. The summed E-state index contributed by atoms with van der Waals surface area (Å²) in [4.78, 5) is 40.2. The van der Waals surface area contributed by atoms with E-state index in [1.807, 2.05) is 48.5 Å². The number of ether oxygens (including phenoxy) is 4. The number of carbonyl (C=O) groups is 3. The van der Waals surface area contributed by atoms with Crippen LogP contribution in [-0.4, -0.2) is 117 Å². The molecule has 0 bridgehead atoms. The highest BCUT2D eigenvalue weighted by molar-refractivity contribution is 5.89. The molecule has 270 valence electrons. The fourth-order valence-corrected chi connectivity index (χ4v) is 4.56. The molecule has 3 amide bonds. The molecule has 0 saturated heterocycles. The van der Waals surface area contributed by atoms with Crippen molar-refractivity contribution in [3.8, 4) is 0 Å². The van der Waals surface area contributed by atoms with Crippen LogP contribution in [0.2, 0.25) is 0 Å². The van der Waals surface area contributed by atoms with Gasteiger partial charge >= 0.3 is 0 Å². The molecule has 0 spiro atoms. The minimum atomic E-state index is -0.547. The van der Waals surface area contributed by atoms with E-state index in [1.54, 1.807) is 7.05 Å². The third-order valence-corrected chi connectivity index (χ3v) is 6.63. The Hall–Kier alpha value is -2.49. The topological polar surface area (TPSA) is 183 Å². The fourth-order valence-electron chi connectivity index (χ4n) is 4.56. The summed E-state index contributed by atoms with van der Waals surface area (Å²) in [5.41, 5.74) is 5.01. The summed E-state index contributed by atoms with van der Waals surface area (Å²) in [7, 11) is 1.80. The van der Waals surface area contributed by atoms with Crippen molar-refractivity contribution in [3.05, 3.63) is 11.9 Å². The molecule has 0 saturated carbocycles. The molecule has 14 nitrogen and oxygen atoms in total. The first kappa shape index (κ1) is 43.5. The second-order valence-corrected chi connectivity index (χ2v) is 13.8. The molecule has 0 aliphatic heterocycles. The number of hydrazine groups is 1. The van der Waals surface area contributed by atoms with E-state index < -0.39 is 22.6 Å². The summed E-state index contributed by atoms with van der Waals surface area (Å²) in [5, 5.41) is 9.97. The van der Waals surface area contributed by atoms with Crippen LogP contribution >= 0.6 is 0 Å². The molecule has 0 heterocycles. The number of nitrogens with one attached hydrogen (secondary N) is 3. The Morgan fingerprint density at radius 1 is 0.935 bits per heavy atom. The Kier molecular flexibility index (Phi) is 20.9. The molecule has 0 atom stereocenters. The summed E-state index contributed by atoms with van der Waals surface area (Å²) >= 11 is 0. The Morgan fingerprint density at radius 2 is 1.59 bits per heavy atom. The summed E-state index contributed by atoms with van der Waals surface area (Å²) < 4.78 is 22.7. The number of nitrogens with zero attached hydrogens (tertiary/aromatic N) is 2. The van der Waals surface area contributed by atoms with Crippen molar-refractivity contribution in [1.29, 1.82) is 0 Å². The van der Waals surface area contributed by atoms with E-state index in [0.29, 0.717) is 44.6 Å². The van der Waals surface area contributed by atoms with Gasteiger partial charge in [0.25, 0.3) is 0 Å². The lowest BCUT2D eigenvalue weighted by atomic mass is 9.96. The third-order valence-electron chi connectivity index (χ3n) is 6.63. The Labute approximate surface area is 277 Å². The number of nitrogens with two attached hydrogens (primary N) is 2. The Morgan fingerprint density at radius 3 is 2.20 bits per heavy atom. The second kappa shape index (κ2) is 22.1. The van der Waals surface area contributed by atoms with Crippen LogP contribution in [0, 0.1) is 5.92 Å². The third kappa shape index (κ3) is 22.9. The van der Waals surface area contributed by atoms with Gasteiger partial charge in [0.2, 0.25) is 17.7 Å². The number of rotatable bonds is 26. The molecule has 0 radical (unpaired) electrons. The average Bonchev–Trinajstić information content (AvgIpc) is 2.90. The van der Waals surface area contributed by atoms with Crippen LogP contribution in [0.3, 0.4) is 0 Å². The van der Waals surface area contributed by atoms with E-state index >= 15 is 0 Å². The maximum absolute atomic E-state index is 13.2. The molecule has 46 heavy (non-hydrogen) atoms. The lowest BCUT2D eigenvalue weighted by Gasteiger charge is -2.29. The predicted octanol–water partition coefficient (Wildman–Crippen LogP) is 1.45. The molecule has 0 rings (SSSR count). The SMILES string of the molecule is CCOCCC(C)(C)NC(=O)CN(CC(=O)NCCN(N)/C=C(\N)COCC(C)(C)OCNC)C(=O)CCOC(C)(C)CC(C)C. The lowest BCUT2D eigenvalue weighted by molar-refractivity contribution is -0.141. The molecular formula is C32H65N7O7. The summed E-state index contributed by atoms with van der Waals surface area (Å²) in [6.07, 6.45) is 3.01. The van der Waals surface area contributed by atoms with Crippen molar-refractivity contribution < 1.29 is 33.3 Å². The van der Waals surface area contributed by atoms with Crippen LogP contribution in [0.5, 0.6) is 0 Å². The van der Waals surface area contributed by atoms with E-state index in [-0.39, 0.29) is 57.6 Å². The Bertz CT molecular complexity index is 926. The quantitative estimate of drug-likeness (QED) is 0.0392. The van der Waals surface area contributed by atoms with Gasteiger partial charge in [-0.3, -0.25) is 19.7 Å². The molecule has 0 unspecified atom stereocenters. The molecule has 0 aromatic heterocycles. The van der Waals surface area contributed by atoms with Crippen LogP contribution in [0.15, 0.2) is 11.9 Å². The molecule has 0 fully saturated rings. The summed E-state index contributed by atoms with van der Waals surface area (Å²) in [6.45, 7) is 19.8. The van der Waals surface area contributed by atoms with Crippen molar-refractivity contribution in [2.75, 3.05) is 73.0 Å². The number of hydrogen-bond donors (Lipinski definition) is 5. The van der Waals surface area contributed by atoms with Gasteiger partial charge in [-0.05, 0) is 74.3 Å². The van der Waals surface area contributed by atoms with Crippen LogP contribution < -0.4 is 27.5 Å². The van der Waals surface area contributed by atoms with E-state index in [9.17, 15) is 14.4 Å².